The lowest BCUT2D eigenvalue weighted by atomic mass is 10.2. The van der Waals surface area contributed by atoms with Crippen LogP contribution in [-0.2, 0) is 9.53 Å². The number of hydrogen-bond acceptors (Lipinski definition) is 4. The Morgan fingerprint density at radius 1 is 1.64 bits per heavy atom. The molecule has 0 saturated heterocycles. The average Bonchev–Trinajstić information content (AvgIpc) is 2.17. The van der Waals surface area contributed by atoms with E-state index in [1.807, 2.05) is 18.7 Å². The van der Waals surface area contributed by atoms with Gasteiger partial charge in [0.2, 0.25) is 0 Å². The predicted molar refractivity (Wildman–Crippen MR) is 53.5 cm³/mol. The van der Waals surface area contributed by atoms with Crippen LogP contribution in [0.2, 0.25) is 0 Å². The summed E-state index contributed by atoms with van der Waals surface area (Å²) in [5.74, 6) is -0.296. The van der Waals surface area contributed by atoms with Crippen molar-refractivity contribution < 1.29 is 9.53 Å². The van der Waals surface area contributed by atoms with Gasteiger partial charge in [0.25, 0.3) is 0 Å². The SMILES string of the molecule is CCCN(CC(=O)OC)CC(C)C#N. The summed E-state index contributed by atoms with van der Waals surface area (Å²) in [4.78, 5) is 13.0. The molecule has 0 aromatic rings. The normalized spacial score (nSPS) is 12.2. The molecule has 14 heavy (non-hydrogen) atoms. The van der Waals surface area contributed by atoms with E-state index in [2.05, 4.69) is 10.8 Å². The van der Waals surface area contributed by atoms with E-state index in [-0.39, 0.29) is 18.4 Å². The van der Waals surface area contributed by atoms with Crippen LogP contribution in [0.4, 0.5) is 0 Å². The van der Waals surface area contributed by atoms with Crippen molar-refractivity contribution in [2.24, 2.45) is 5.92 Å². The Kier molecular flexibility index (Phi) is 6.77. The fraction of sp³-hybridized carbons (Fsp3) is 0.800. The van der Waals surface area contributed by atoms with Gasteiger partial charge < -0.3 is 4.74 Å². The molecular weight excluding hydrogens is 180 g/mol. The Morgan fingerprint density at radius 3 is 2.71 bits per heavy atom. The van der Waals surface area contributed by atoms with Crippen LogP contribution in [0.15, 0.2) is 0 Å². The summed E-state index contributed by atoms with van der Waals surface area (Å²) in [6.07, 6.45) is 0.967. The molecule has 0 fully saturated rings. The number of esters is 1. The predicted octanol–water partition coefficient (Wildman–Crippen LogP) is 1.03. The Hall–Kier alpha value is -1.08. The van der Waals surface area contributed by atoms with Crippen LogP contribution >= 0.6 is 0 Å². The first-order chi connectivity index (χ1) is 6.63. The van der Waals surface area contributed by atoms with Crippen LogP contribution in [-0.4, -0.2) is 37.6 Å². The van der Waals surface area contributed by atoms with Gasteiger partial charge >= 0.3 is 5.97 Å². The van der Waals surface area contributed by atoms with E-state index in [0.717, 1.165) is 13.0 Å². The average molecular weight is 198 g/mol. The van der Waals surface area contributed by atoms with Crippen molar-refractivity contribution in [2.45, 2.75) is 20.3 Å². The second-order valence-electron chi connectivity index (χ2n) is 3.34. The monoisotopic (exact) mass is 198 g/mol. The van der Waals surface area contributed by atoms with Gasteiger partial charge in [-0.2, -0.15) is 5.26 Å². The van der Waals surface area contributed by atoms with Crippen molar-refractivity contribution in [3.05, 3.63) is 0 Å². The fourth-order valence-corrected chi connectivity index (χ4v) is 1.23. The minimum absolute atomic E-state index is 0.0498. The molecule has 0 bridgehead atoms. The van der Waals surface area contributed by atoms with Crippen molar-refractivity contribution >= 4 is 5.97 Å². The van der Waals surface area contributed by atoms with E-state index in [0.29, 0.717) is 6.54 Å². The van der Waals surface area contributed by atoms with Gasteiger partial charge in [-0.05, 0) is 19.9 Å². The number of nitrogens with zero attached hydrogens (tertiary/aromatic N) is 2. The summed E-state index contributed by atoms with van der Waals surface area (Å²) in [7, 11) is 1.38. The maximum Gasteiger partial charge on any atom is 0.319 e. The molecule has 0 radical (unpaired) electrons. The second kappa shape index (κ2) is 7.34. The Labute approximate surface area is 85.5 Å². The molecule has 4 heteroatoms. The van der Waals surface area contributed by atoms with E-state index in [1.165, 1.54) is 7.11 Å². The summed E-state index contributed by atoms with van der Waals surface area (Å²) in [6.45, 7) is 5.61. The molecule has 0 aliphatic carbocycles. The van der Waals surface area contributed by atoms with Crippen LogP contribution in [0, 0.1) is 17.2 Å². The molecule has 0 rings (SSSR count). The van der Waals surface area contributed by atoms with Crippen LogP contribution in [0.5, 0.6) is 0 Å². The smallest absolute Gasteiger partial charge is 0.319 e. The van der Waals surface area contributed by atoms with Crippen LogP contribution in [0.25, 0.3) is 0 Å². The van der Waals surface area contributed by atoms with Gasteiger partial charge in [0.1, 0.15) is 0 Å². The zero-order valence-electron chi connectivity index (χ0n) is 9.12. The third kappa shape index (κ3) is 5.55. The number of rotatable bonds is 6. The van der Waals surface area contributed by atoms with Crippen LogP contribution in [0.3, 0.4) is 0 Å². The number of methoxy groups -OCH3 is 1. The molecular formula is C10H18N2O2. The standard InChI is InChI=1S/C10H18N2O2/c1-4-5-12(7-9(2)6-11)8-10(13)14-3/h9H,4-5,7-8H2,1-3H3. The lowest BCUT2D eigenvalue weighted by Gasteiger charge is -2.20. The molecule has 1 atom stereocenters. The number of carbonyl (C=O) groups excluding carboxylic acids is 1. The van der Waals surface area contributed by atoms with Gasteiger partial charge in [0.15, 0.2) is 0 Å². The Morgan fingerprint density at radius 2 is 2.29 bits per heavy atom. The molecule has 0 spiro atoms. The van der Waals surface area contributed by atoms with Crippen LogP contribution in [0.1, 0.15) is 20.3 Å². The van der Waals surface area contributed by atoms with Gasteiger partial charge in [0, 0.05) is 6.54 Å². The van der Waals surface area contributed by atoms with Crippen molar-refractivity contribution in [1.82, 2.24) is 4.90 Å². The minimum Gasteiger partial charge on any atom is -0.468 e. The highest BCUT2D eigenvalue weighted by Gasteiger charge is 2.12. The maximum atomic E-state index is 11.0. The lowest BCUT2D eigenvalue weighted by molar-refractivity contribution is -0.142. The molecule has 0 saturated carbocycles. The number of ether oxygens (including phenoxy) is 1. The second-order valence-corrected chi connectivity index (χ2v) is 3.34. The summed E-state index contributed by atoms with van der Waals surface area (Å²) in [5.41, 5.74) is 0. The maximum absolute atomic E-state index is 11.0. The summed E-state index contributed by atoms with van der Waals surface area (Å²) >= 11 is 0. The molecule has 0 amide bonds. The Bertz CT molecular complexity index is 211. The van der Waals surface area contributed by atoms with Gasteiger partial charge in [-0.25, -0.2) is 0 Å². The van der Waals surface area contributed by atoms with E-state index in [1.54, 1.807) is 0 Å². The first kappa shape index (κ1) is 12.9. The van der Waals surface area contributed by atoms with E-state index in [4.69, 9.17) is 5.26 Å². The molecule has 0 heterocycles. The van der Waals surface area contributed by atoms with Gasteiger partial charge in [-0.15, -0.1) is 0 Å². The van der Waals surface area contributed by atoms with Gasteiger partial charge in [0.05, 0.1) is 25.6 Å². The summed E-state index contributed by atoms with van der Waals surface area (Å²) in [6, 6.07) is 2.15. The molecule has 1 unspecified atom stereocenters. The molecule has 80 valence electrons. The molecule has 4 nitrogen and oxygen atoms in total. The number of nitriles is 1. The van der Waals surface area contributed by atoms with Crippen LogP contribution < -0.4 is 0 Å². The van der Waals surface area contributed by atoms with Crippen molar-refractivity contribution in [3.8, 4) is 6.07 Å². The highest BCUT2D eigenvalue weighted by atomic mass is 16.5. The zero-order valence-corrected chi connectivity index (χ0v) is 9.12. The number of carbonyl (C=O) groups is 1. The molecule has 0 aromatic carbocycles. The zero-order chi connectivity index (χ0) is 11.0. The van der Waals surface area contributed by atoms with E-state index >= 15 is 0 Å². The first-order valence-corrected chi connectivity index (χ1v) is 4.82. The van der Waals surface area contributed by atoms with E-state index in [9.17, 15) is 4.79 Å². The summed E-state index contributed by atoms with van der Waals surface area (Å²) < 4.78 is 4.58. The van der Waals surface area contributed by atoms with Crippen molar-refractivity contribution in [1.29, 1.82) is 5.26 Å². The topological polar surface area (TPSA) is 53.3 Å². The third-order valence-corrected chi connectivity index (χ3v) is 1.87. The highest BCUT2D eigenvalue weighted by Crippen LogP contribution is 2.00. The first-order valence-electron chi connectivity index (χ1n) is 4.82. The molecule has 0 aromatic heterocycles. The molecule has 0 aliphatic heterocycles. The third-order valence-electron chi connectivity index (χ3n) is 1.87. The lowest BCUT2D eigenvalue weighted by Crippen LogP contribution is -2.34. The fourth-order valence-electron chi connectivity index (χ4n) is 1.23. The van der Waals surface area contributed by atoms with Gasteiger partial charge in [-0.1, -0.05) is 6.92 Å². The quantitative estimate of drug-likeness (QED) is 0.598. The largest absolute Gasteiger partial charge is 0.468 e. The summed E-state index contributed by atoms with van der Waals surface area (Å²) in [5, 5.41) is 8.65. The molecule has 0 N–H and O–H groups in total. The Balaban J connectivity index is 4.02. The van der Waals surface area contributed by atoms with Gasteiger partial charge in [-0.3, -0.25) is 9.69 Å². The van der Waals surface area contributed by atoms with Crippen molar-refractivity contribution in [2.75, 3.05) is 26.7 Å². The molecule has 0 aliphatic rings. The minimum atomic E-state index is -0.247. The van der Waals surface area contributed by atoms with E-state index < -0.39 is 0 Å². The number of hydrogen-bond donors (Lipinski definition) is 0. The van der Waals surface area contributed by atoms with Crippen molar-refractivity contribution in [3.63, 3.8) is 0 Å². The highest BCUT2D eigenvalue weighted by molar-refractivity contribution is 5.71.